The van der Waals surface area contributed by atoms with Crippen molar-refractivity contribution in [3.05, 3.63) is 12.2 Å². The first kappa shape index (κ1) is 37.0. The van der Waals surface area contributed by atoms with E-state index in [4.69, 9.17) is 9.47 Å². The minimum atomic E-state index is -1.56. The van der Waals surface area contributed by atoms with Crippen LogP contribution in [0.2, 0.25) is 0 Å². The molecular weight excluding hydrogens is 514 g/mol. The van der Waals surface area contributed by atoms with Gasteiger partial charge in [-0.05, 0) is 19.3 Å². The molecule has 1 saturated heterocycles. The minimum Gasteiger partial charge on any atom is -0.394 e. The van der Waals surface area contributed by atoms with Crippen LogP contribution in [0, 0.1) is 0 Å². The van der Waals surface area contributed by atoms with Crippen LogP contribution in [0.25, 0.3) is 0 Å². The molecule has 1 amide bonds. The standard InChI is InChI=1S/C31H59NO8/c1-3-5-7-9-11-13-15-17-19-21-27(35)32-24(25(34)20-18-16-14-12-10-8-6-4-2)23-39-31-30(38)29(37)28(36)26(22-33)40-31/h18,20,24-26,28-31,33-34,36-38H,3-17,19,21-23H2,1-2H3,(H,32,35)/b20-18+. The second-order valence-corrected chi connectivity index (χ2v) is 11.3. The van der Waals surface area contributed by atoms with Gasteiger partial charge in [0.2, 0.25) is 5.91 Å². The average Bonchev–Trinajstić information content (AvgIpc) is 2.95. The maximum absolute atomic E-state index is 12.7. The largest absolute Gasteiger partial charge is 0.394 e. The molecule has 7 atom stereocenters. The fourth-order valence-electron chi connectivity index (χ4n) is 4.92. The Balaban J connectivity index is 2.57. The number of rotatable bonds is 24. The third kappa shape index (κ3) is 15.8. The lowest BCUT2D eigenvalue weighted by atomic mass is 9.99. The summed E-state index contributed by atoms with van der Waals surface area (Å²) in [4.78, 5) is 12.7. The lowest BCUT2D eigenvalue weighted by Crippen LogP contribution is -2.60. The van der Waals surface area contributed by atoms with Crippen LogP contribution in [-0.4, -0.2) is 87.5 Å². The molecular formula is C31H59NO8. The molecule has 1 fully saturated rings. The fraction of sp³-hybridized carbons (Fsp3) is 0.903. The summed E-state index contributed by atoms with van der Waals surface area (Å²) in [6.07, 6.45) is 14.2. The lowest BCUT2D eigenvalue weighted by Gasteiger charge is -2.40. The van der Waals surface area contributed by atoms with Gasteiger partial charge in [-0.2, -0.15) is 0 Å². The van der Waals surface area contributed by atoms with Crippen LogP contribution >= 0.6 is 0 Å². The molecule has 0 radical (unpaired) electrons. The van der Waals surface area contributed by atoms with Crippen LogP contribution in [0.3, 0.4) is 0 Å². The first-order valence-corrected chi connectivity index (χ1v) is 15.9. The Labute approximate surface area is 242 Å². The van der Waals surface area contributed by atoms with Crippen LogP contribution < -0.4 is 5.32 Å². The normalized spacial score (nSPS) is 24.8. The zero-order valence-corrected chi connectivity index (χ0v) is 25.1. The number of nitrogens with one attached hydrogen (secondary N) is 1. The van der Waals surface area contributed by atoms with Gasteiger partial charge in [0.25, 0.3) is 0 Å². The predicted molar refractivity (Wildman–Crippen MR) is 157 cm³/mol. The summed E-state index contributed by atoms with van der Waals surface area (Å²) in [5.41, 5.74) is 0. The molecule has 236 valence electrons. The molecule has 6 N–H and O–H groups in total. The van der Waals surface area contributed by atoms with E-state index in [2.05, 4.69) is 19.2 Å². The molecule has 0 aromatic heterocycles. The zero-order chi connectivity index (χ0) is 29.6. The maximum Gasteiger partial charge on any atom is 0.220 e. The quantitative estimate of drug-likeness (QED) is 0.0753. The summed E-state index contributed by atoms with van der Waals surface area (Å²) in [5.74, 6) is -0.186. The number of amides is 1. The van der Waals surface area contributed by atoms with Gasteiger partial charge < -0.3 is 40.3 Å². The van der Waals surface area contributed by atoms with Crippen molar-refractivity contribution < 1.29 is 39.8 Å². The number of carbonyl (C=O) groups excluding carboxylic acids is 1. The molecule has 7 unspecified atom stereocenters. The van der Waals surface area contributed by atoms with Gasteiger partial charge in [-0.15, -0.1) is 0 Å². The number of aliphatic hydroxyl groups excluding tert-OH is 5. The third-order valence-electron chi connectivity index (χ3n) is 7.61. The molecule has 1 aliphatic heterocycles. The van der Waals surface area contributed by atoms with E-state index in [0.29, 0.717) is 6.42 Å². The molecule has 0 spiro atoms. The molecule has 0 aromatic carbocycles. The number of hydrogen-bond acceptors (Lipinski definition) is 8. The van der Waals surface area contributed by atoms with E-state index in [0.717, 1.165) is 38.5 Å². The molecule has 0 saturated carbocycles. The molecule has 9 heteroatoms. The SMILES string of the molecule is CCCCCCCC/C=C/C(O)C(COC1OC(CO)C(O)C(O)C1O)NC(=O)CCCCCCCCCCC. The van der Waals surface area contributed by atoms with Gasteiger partial charge in [-0.25, -0.2) is 0 Å². The molecule has 0 aromatic rings. The van der Waals surface area contributed by atoms with Crippen molar-refractivity contribution in [3.8, 4) is 0 Å². The van der Waals surface area contributed by atoms with Crippen LogP contribution in [0.1, 0.15) is 123 Å². The van der Waals surface area contributed by atoms with Gasteiger partial charge in [-0.1, -0.05) is 109 Å². The fourth-order valence-corrected chi connectivity index (χ4v) is 4.92. The second-order valence-electron chi connectivity index (χ2n) is 11.3. The molecule has 0 aliphatic carbocycles. The highest BCUT2D eigenvalue weighted by Gasteiger charge is 2.44. The lowest BCUT2D eigenvalue weighted by molar-refractivity contribution is -0.302. The number of aliphatic hydroxyl groups is 5. The molecule has 1 aliphatic rings. The van der Waals surface area contributed by atoms with E-state index >= 15 is 0 Å². The third-order valence-corrected chi connectivity index (χ3v) is 7.61. The Morgan fingerprint density at radius 3 is 1.95 bits per heavy atom. The van der Waals surface area contributed by atoms with E-state index in [-0.39, 0.29) is 12.5 Å². The summed E-state index contributed by atoms with van der Waals surface area (Å²) in [5, 5.41) is 53.4. The highest BCUT2D eigenvalue weighted by atomic mass is 16.7. The van der Waals surface area contributed by atoms with E-state index in [1.807, 2.05) is 6.08 Å². The Kier molecular flexibility index (Phi) is 21.7. The van der Waals surface area contributed by atoms with Crippen LogP contribution in [0.4, 0.5) is 0 Å². The Morgan fingerprint density at radius 2 is 1.38 bits per heavy atom. The first-order chi connectivity index (χ1) is 19.3. The van der Waals surface area contributed by atoms with Crippen molar-refractivity contribution in [1.29, 1.82) is 0 Å². The molecule has 1 rings (SSSR count). The monoisotopic (exact) mass is 573 g/mol. The van der Waals surface area contributed by atoms with Crippen LogP contribution in [0.15, 0.2) is 12.2 Å². The van der Waals surface area contributed by atoms with Gasteiger partial charge in [0.15, 0.2) is 6.29 Å². The Morgan fingerprint density at radius 1 is 0.825 bits per heavy atom. The first-order valence-electron chi connectivity index (χ1n) is 15.9. The van der Waals surface area contributed by atoms with Crippen molar-refractivity contribution in [3.63, 3.8) is 0 Å². The topological polar surface area (TPSA) is 149 Å². The number of carbonyl (C=O) groups is 1. The van der Waals surface area contributed by atoms with E-state index < -0.39 is 49.5 Å². The van der Waals surface area contributed by atoms with Gasteiger partial charge in [0.1, 0.15) is 24.4 Å². The van der Waals surface area contributed by atoms with Crippen molar-refractivity contribution in [2.75, 3.05) is 13.2 Å². The van der Waals surface area contributed by atoms with Crippen molar-refractivity contribution in [2.45, 2.75) is 166 Å². The smallest absolute Gasteiger partial charge is 0.220 e. The Hall–Kier alpha value is -1.07. The molecule has 0 bridgehead atoms. The summed E-state index contributed by atoms with van der Waals surface area (Å²) >= 11 is 0. The summed E-state index contributed by atoms with van der Waals surface area (Å²) in [6.45, 7) is 3.65. The van der Waals surface area contributed by atoms with Gasteiger partial charge in [0, 0.05) is 6.42 Å². The van der Waals surface area contributed by atoms with E-state index in [1.54, 1.807) is 6.08 Å². The molecule has 9 nitrogen and oxygen atoms in total. The van der Waals surface area contributed by atoms with Gasteiger partial charge in [0.05, 0.1) is 25.4 Å². The number of hydrogen-bond donors (Lipinski definition) is 6. The predicted octanol–water partition coefficient (Wildman–Crippen LogP) is 3.88. The highest BCUT2D eigenvalue weighted by molar-refractivity contribution is 5.76. The van der Waals surface area contributed by atoms with Crippen LogP contribution in [0.5, 0.6) is 0 Å². The number of allylic oxidation sites excluding steroid dienone is 1. The molecule has 1 heterocycles. The zero-order valence-electron chi connectivity index (χ0n) is 25.1. The summed E-state index contributed by atoms with van der Waals surface area (Å²) in [7, 11) is 0. The number of ether oxygens (including phenoxy) is 2. The van der Waals surface area contributed by atoms with E-state index in [9.17, 15) is 30.3 Å². The number of unbranched alkanes of at least 4 members (excludes halogenated alkanes) is 14. The highest BCUT2D eigenvalue weighted by Crippen LogP contribution is 2.22. The van der Waals surface area contributed by atoms with Crippen molar-refractivity contribution in [1.82, 2.24) is 5.32 Å². The van der Waals surface area contributed by atoms with Crippen LogP contribution in [-0.2, 0) is 14.3 Å². The van der Waals surface area contributed by atoms with E-state index in [1.165, 1.54) is 64.2 Å². The van der Waals surface area contributed by atoms with Crippen molar-refractivity contribution >= 4 is 5.91 Å². The van der Waals surface area contributed by atoms with Crippen molar-refractivity contribution in [2.24, 2.45) is 0 Å². The van der Waals surface area contributed by atoms with Gasteiger partial charge >= 0.3 is 0 Å². The second kappa shape index (κ2) is 23.5. The average molecular weight is 574 g/mol. The summed E-state index contributed by atoms with van der Waals surface area (Å²) < 4.78 is 11.1. The Bertz CT molecular complexity index is 647. The maximum atomic E-state index is 12.7. The summed E-state index contributed by atoms with van der Waals surface area (Å²) in [6, 6.07) is -0.792. The molecule has 40 heavy (non-hydrogen) atoms. The van der Waals surface area contributed by atoms with Gasteiger partial charge in [-0.3, -0.25) is 4.79 Å². The minimum absolute atomic E-state index is 0.186.